The number of carbonyl (C=O) groups is 1. The molecule has 1 aromatic carbocycles. The fraction of sp³-hybridized carbons (Fsp3) is 0.125. The van der Waals surface area contributed by atoms with Crippen LogP contribution in [0.4, 0.5) is 10.5 Å². The summed E-state index contributed by atoms with van der Waals surface area (Å²) in [7, 11) is 0. The maximum absolute atomic E-state index is 12.2. The highest BCUT2D eigenvalue weighted by atomic mass is 16.5. The Kier molecular flexibility index (Phi) is 4.21. The SMILES string of the molecule is CCOC(=O)Nc1cc(O)c(O)cc1-c1cc(=O)c2nccnc2o1. The Hall–Kier alpha value is -3.62. The van der Waals surface area contributed by atoms with Crippen LogP contribution in [0.25, 0.3) is 22.6 Å². The molecule has 0 aliphatic heterocycles. The summed E-state index contributed by atoms with van der Waals surface area (Å²) >= 11 is 0. The van der Waals surface area contributed by atoms with Crippen molar-refractivity contribution >= 4 is 23.0 Å². The molecule has 25 heavy (non-hydrogen) atoms. The minimum atomic E-state index is -0.767. The molecule has 1 amide bonds. The fourth-order valence-corrected chi connectivity index (χ4v) is 2.18. The van der Waals surface area contributed by atoms with E-state index in [1.165, 1.54) is 12.4 Å². The monoisotopic (exact) mass is 343 g/mol. The molecule has 2 aromatic heterocycles. The van der Waals surface area contributed by atoms with Gasteiger partial charge >= 0.3 is 6.09 Å². The number of aromatic hydroxyl groups is 2. The first-order chi connectivity index (χ1) is 12.0. The van der Waals surface area contributed by atoms with Gasteiger partial charge in [-0.25, -0.2) is 14.8 Å². The maximum atomic E-state index is 12.2. The molecule has 0 aliphatic rings. The van der Waals surface area contributed by atoms with Crippen molar-refractivity contribution in [3.8, 4) is 22.8 Å². The predicted octanol–water partition coefficient (Wildman–Crippen LogP) is 2.23. The lowest BCUT2D eigenvalue weighted by Gasteiger charge is -2.12. The van der Waals surface area contributed by atoms with Crippen molar-refractivity contribution < 1.29 is 24.2 Å². The Labute approximate surface area is 140 Å². The highest BCUT2D eigenvalue weighted by Gasteiger charge is 2.17. The largest absolute Gasteiger partial charge is 0.504 e. The molecule has 0 unspecified atom stereocenters. The van der Waals surface area contributed by atoms with E-state index in [4.69, 9.17) is 9.15 Å². The third kappa shape index (κ3) is 3.20. The molecule has 9 heteroatoms. The number of hydrogen-bond donors (Lipinski definition) is 3. The van der Waals surface area contributed by atoms with Gasteiger partial charge in [-0.05, 0) is 13.0 Å². The summed E-state index contributed by atoms with van der Waals surface area (Å²) in [6.07, 6.45) is 1.96. The van der Waals surface area contributed by atoms with Crippen molar-refractivity contribution in [3.63, 3.8) is 0 Å². The zero-order valence-corrected chi connectivity index (χ0v) is 13.0. The predicted molar refractivity (Wildman–Crippen MR) is 87.5 cm³/mol. The maximum Gasteiger partial charge on any atom is 0.411 e. The number of ether oxygens (including phenoxy) is 1. The Morgan fingerprint density at radius 3 is 2.68 bits per heavy atom. The molecule has 3 rings (SSSR count). The van der Waals surface area contributed by atoms with Crippen LogP contribution in [-0.4, -0.2) is 32.9 Å². The second-order valence-corrected chi connectivity index (χ2v) is 4.92. The Morgan fingerprint density at radius 1 is 1.20 bits per heavy atom. The minimum Gasteiger partial charge on any atom is -0.504 e. The third-order valence-corrected chi connectivity index (χ3v) is 3.26. The van der Waals surface area contributed by atoms with Crippen molar-refractivity contribution in [2.45, 2.75) is 6.92 Å². The van der Waals surface area contributed by atoms with Crippen LogP contribution >= 0.6 is 0 Å². The van der Waals surface area contributed by atoms with Gasteiger partial charge in [0, 0.05) is 30.1 Å². The Bertz CT molecular complexity index is 1010. The lowest BCUT2D eigenvalue weighted by molar-refractivity contribution is 0.168. The number of fused-ring (bicyclic) bond motifs is 1. The second kappa shape index (κ2) is 6.48. The molecule has 128 valence electrons. The third-order valence-electron chi connectivity index (χ3n) is 3.26. The minimum absolute atomic E-state index is 0.000325. The summed E-state index contributed by atoms with van der Waals surface area (Å²) < 4.78 is 10.3. The quantitative estimate of drug-likeness (QED) is 0.487. The van der Waals surface area contributed by atoms with E-state index in [1.54, 1.807) is 6.92 Å². The van der Waals surface area contributed by atoms with Gasteiger partial charge in [0.05, 0.1) is 12.3 Å². The number of benzene rings is 1. The summed E-state index contributed by atoms with van der Waals surface area (Å²) in [5.41, 5.74) is -0.152. The first kappa shape index (κ1) is 16.2. The molecule has 3 N–H and O–H groups in total. The van der Waals surface area contributed by atoms with E-state index >= 15 is 0 Å². The van der Waals surface area contributed by atoms with Crippen molar-refractivity contribution in [1.29, 1.82) is 0 Å². The molecule has 0 fully saturated rings. The van der Waals surface area contributed by atoms with Gasteiger partial charge in [-0.2, -0.15) is 0 Å². The van der Waals surface area contributed by atoms with E-state index in [2.05, 4.69) is 15.3 Å². The first-order valence-electron chi connectivity index (χ1n) is 7.24. The summed E-state index contributed by atoms with van der Waals surface area (Å²) in [4.78, 5) is 31.7. The number of rotatable bonds is 3. The molecule has 0 spiro atoms. The van der Waals surface area contributed by atoms with Gasteiger partial charge in [0.25, 0.3) is 0 Å². The Balaban J connectivity index is 2.17. The highest BCUT2D eigenvalue weighted by Crippen LogP contribution is 2.37. The zero-order valence-electron chi connectivity index (χ0n) is 13.0. The zero-order chi connectivity index (χ0) is 18.0. The molecule has 3 aromatic rings. The van der Waals surface area contributed by atoms with Crippen LogP contribution in [0, 0.1) is 0 Å². The number of phenols is 2. The number of aromatic nitrogens is 2. The second-order valence-electron chi connectivity index (χ2n) is 4.92. The van der Waals surface area contributed by atoms with Crippen molar-refractivity contribution in [3.05, 3.63) is 40.8 Å². The van der Waals surface area contributed by atoms with E-state index < -0.39 is 23.0 Å². The first-order valence-corrected chi connectivity index (χ1v) is 7.24. The van der Waals surface area contributed by atoms with Gasteiger partial charge in [-0.15, -0.1) is 0 Å². The van der Waals surface area contributed by atoms with Crippen LogP contribution in [0.1, 0.15) is 6.92 Å². The standard InChI is InChI=1S/C16H13N3O6/c1-2-24-16(23)19-9-6-11(21)10(20)5-8(9)13-7-12(22)14-15(25-13)18-4-3-17-14/h3-7,20-21H,2H2,1H3,(H,19,23). The van der Waals surface area contributed by atoms with Crippen LogP contribution in [-0.2, 0) is 4.74 Å². The summed E-state index contributed by atoms with van der Waals surface area (Å²) in [6, 6.07) is 3.42. The lowest BCUT2D eigenvalue weighted by Crippen LogP contribution is -2.14. The average Bonchev–Trinajstić information content (AvgIpc) is 2.58. The van der Waals surface area contributed by atoms with Crippen LogP contribution in [0.5, 0.6) is 11.5 Å². The fourth-order valence-electron chi connectivity index (χ4n) is 2.18. The van der Waals surface area contributed by atoms with E-state index in [0.29, 0.717) is 0 Å². The van der Waals surface area contributed by atoms with Crippen molar-refractivity contribution in [2.75, 3.05) is 11.9 Å². The highest BCUT2D eigenvalue weighted by molar-refractivity contribution is 5.92. The number of hydrogen-bond acceptors (Lipinski definition) is 8. The summed E-state index contributed by atoms with van der Waals surface area (Å²) in [5, 5.41) is 21.9. The van der Waals surface area contributed by atoms with Crippen LogP contribution in [0.3, 0.4) is 0 Å². The van der Waals surface area contributed by atoms with E-state index in [9.17, 15) is 19.8 Å². The topological polar surface area (TPSA) is 135 Å². The molecule has 0 radical (unpaired) electrons. The van der Waals surface area contributed by atoms with E-state index in [1.807, 2.05) is 0 Å². The molecule has 0 atom stereocenters. The van der Waals surface area contributed by atoms with Gasteiger partial charge < -0.3 is 19.4 Å². The van der Waals surface area contributed by atoms with E-state index in [0.717, 1.165) is 18.2 Å². The summed E-state index contributed by atoms with van der Waals surface area (Å²) in [5.74, 6) is -0.884. The molecular weight excluding hydrogens is 330 g/mol. The summed E-state index contributed by atoms with van der Waals surface area (Å²) in [6.45, 7) is 1.78. The molecule has 0 bridgehead atoms. The van der Waals surface area contributed by atoms with Gasteiger partial charge in [-0.1, -0.05) is 0 Å². The number of phenolic OH excluding ortho intramolecular Hbond substituents is 2. The van der Waals surface area contributed by atoms with Crippen molar-refractivity contribution in [1.82, 2.24) is 9.97 Å². The normalized spacial score (nSPS) is 10.6. The van der Waals surface area contributed by atoms with Crippen LogP contribution < -0.4 is 10.7 Å². The molecule has 0 aliphatic carbocycles. The molecule has 0 saturated heterocycles. The molecule has 0 saturated carbocycles. The number of amides is 1. The smallest absolute Gasteiger partial charge is 0.411 e. The van der Waals surface area contributed by atoms with E-state index in [-0.39, 0.29) is 34.8 Å². The number of nitrogens with zero attached hydrogens (tertiary/aromatic N) is 2. The average molecular weight is 343 g/mol. The molecular formula is C16H13N3O6. The van der Waals surface area contributed by atoms with Gasteiger partial charge in [0.15, 0.2) is 17.0 Å². The van der Waals surface area contributed by atoms with Gasteiger partial charge in [-0.3, -0.25) is 10.1 Å². The number of carbonyl (C=O) groups excluding carboxylic acids is 1. The van der Waals surface area contributed by atoms with Gasteiger partial charge in [0.1, 0.15) is 5.76 Å². The number of nitrogens with one attached hydrogen (secondary N) is 1. The Morgan fingerprint density at radius 2 is 1.92 bits per heavy atom. The lowest BCUT2D eigenvalue weighted by atomic mass is 10.1. The van der Waals surface area contributed by atoms with Gasteiger partial charge in [0.2, 0.25) is 11.1 Å². The number of anilines is 1. The molecule has 2 heterocycles. The molecule has 9 nitrogen and oxygen atoms in total. The van der Waals surface area contributed by atoms with Crippen LogP contribution in [0.15, 0.2) is 39.8 Å². The van der Waals surface area contributed by atoms with Crippen molar-refractivity contribution in [2.24, 2.45) is 0 Å². The van der Waals surface area contributed by atoms with Crippen LogP contribution in [0.2, 0.25) is 0 Å².